The molecule has 0 spiro atoms. The standard InChI is InChI=1S/C15H27N3O/c1-2-15(19)8-13-7-14(17-9-12-3-4-12)11-18(10-13)6-5-16/h12-15,17,19H,2-4,6-11H2,1H3. The van der Waals surface area contributed by atoms with Crippen molar-refractivity contribution >= 4 is 0 Å². The minimum Gasteiger partial charge on any atom is -0.393 e. The lowest BCUT2D eigenvalue weighted by Gasteiger charge is -2.37. The molecular weight excluding hydrogens is 238 g/mol. The first-order valence-electron chi connectivity index (χ1n) is 7.72. The van der Waals surface area contributed by atoms with Crippen molar-refractivity contribution in [3.05, 3.63) is 0 Å². The van der Waals surface area contributed by atoms with Crippen LogP contribution in [0.1, 0.15) is 39.0 Å². The molecule has 0 aromatic carbocycles. The third-order valence-electron chi connectivity index (χ3n) is 4.38. The van der Waals surface area contributed by atoms with Crippen molar-refractivity contribution in [2.75, 3.05) is 26.2 Å². The highest BCUT2D eigenvalue weighted by Gasteiger charge is 2.29. The molecule has 2 aliphatic rings. The molecule has 1 saturated heterocycles. The predicted octanol–water partition coefficient (Wildman–Crippen LogP) is 1.36. The van der Waals surface area contributed by atoms with Gasteiger partial charge in [-0.2, -0.15) is 5.26 Å². The minimum atomic E-state index is -0.184. The lowest BCUT2D eigenvalue weighted by Crippen LogP contribution is -2.50. The van der Waals surface area contributed by atoms with Crippen LogP contribution in [-0.2, 0) is 0 Å². The Morgan fingerprint density at radius 1 is 1.37 bits per heavy atom. The van der Waals surface area contributed by atoms with E-state index in [4.69, 9.17) is 5.26 Å². The van der Waals surface area contributed by atoms with E-state index >= 15 is 0 Å². The van der Waals surface area contributed by atoms with Crippen LogP contribution < -0.4 is 5.32 Å². The lowest BCUT2D eigenvalue weighted by molar-refractivity contribution is 0.0894. The van der Waals surface area contributed by atoms with Crippen molar-refractivity contribution in [3.63, 3.8) is 0 Å². The van der Waals surface area contributed by atoms with E-state index in [0.29, 0.717) is 18.5 Å². The molecule has 0 aromatic heterocycles. The maximum atomic E-state index is 9.84. The number of nitrogens with one attached hydrogen (secondary N) is 1. The molecule has 4 nitrogen and oxygen atoms in total. The van der Waals surface area contributed by atoms with Crippen LogP contribution in [0.3, 0.4) is 0 Å². The summed E-state index contributed by atoms with van der Waals surface area (Å²) in [4.78, 5) is 2.24. The van der Waals surface area contributed by atoms with E-state index in [0.717, 1.165) is 44.8 Å². The number of likely N-dealkylation sites (tertiary alicyclic amines) is 1. The third-order valence-corrected chi connectivity index (χ3v) is 4.38. The van der Waals surface area contributed by atoms with Crippen molar-refractivity contribution in [2.45, 2.75) is 51.2 Å². The fraction of sp³-hybridized carbons (Fsp3) is 0.933. The van der Waals surface area contributed by atoms with Crippen LogP contribution in [0.2, 0.25) is 0 Å². The molecule has 3 unspecified atom stereocenters. The zero-order chi connectivity index (χ0) is 13.7. The minimum absolute atomic E-state index is 0.184. The molecule has 1 aliphatic carbocycles. The van der Waals surface area contributed by atoms with E-state index < -0.39 is 0 Å². The predicted molar refractivity (Wildman–Crippen MR) is 75.6 cm³/mol. The van der Waals surface area contributed by atoms with Gasteiger partial charge in [-0.1, -0.05) is 6.92 Å². The van der Waals surface area contributed by atoms with Crippen LogP contribution in [0.15, 0.2) is 0 Å². The molecule has 108 valence electrons. The first kappa shape index (κ1) is 14.8. The highest BCUT2D eigenvalue weighted by Crippen LogP contribution is 2.28. The Balaban J connectivity index is 1.82. The SMILES string of the molecule is CCC(O)CC1CC(NCC2CC2)CN(CC#N)C1. The van der Waals surface area contributed by atoms with Gasteiger partial charge in [-0.3, -0.25) is 4.90 Å². The van der Waals surface area contributed by atoms with E-state index in [1.54, 1.807) is 0 Å². The van der Waals surface area contributed by atoms with Crippen LogP contribution in [0.4, 0.5) is 0 Å². The molecule has 4 heteroatoms. The van der Waals surface area contributed by atoms with Crippen molar-refractivity contribution < 1.29 is 5.11 Å². The normalized spacial score (nSPS) is 29.9. The van der Waals surface area contributed by atoms with E-state index in [-0.39, 0.29) is 6.10 Å². The Labute approximate surface area is 116 Å². The summed E-state index contributed by atoms with van der Waals surface area (Å²) in [6.07, 6.45) is 5.41. The van der Waals surface area contributed by atoms with Gasteiger partial charge in [-0.15, -0.1) is 0 Å². The molecule has 2 rings (SSSR count). The summed E-state index contributed by atoms with van der Waals surface area (Å²) in [6.45, 7) is 5.63. The highest BCUT2D eigenvalue weighted by molar-refractivity contribution is 4.89. The third kappa shape index (κ3) is 5.10. The van der Waals surface area contributed by atoms with E-state index in [1.807, 2.05) is 6.92 Å². The number of aliphatic hydroxyl groups excluding tert-OH is 1. The van der Waals surface area contributed by atoms with Crippen LogP contribution in [-0.4, -0.2) is 48.3 Å². The number of aliphatic hydroxyl groups is 1. The molecule has 19 heavy (non-hydrogen) atoms. The summed E-state index contributed by atoms with van der Waals surface area (Å²) in [5, 5.41) is 22.4. The summed E-state index contributed by atoms with van der Waals surface area (Å²) in [6, 6.07) is 2.76. The zero-order valence-electron chi connectivity index (χ0n) is 12.0. The molecule has 0 aromatic rings. The average Bonchev–Trinajstić information content (AvgIpc) is 3.20. The van der Waals surface area contributed by atoms with Gasteiger partial charge in [-0.05, 0) is 50.5 Å². The summed E-state index contributed by atoms with van der Waals surface area (Å²) < 4.78 is 0. The molecular formula is C15H27N3O. The summed E-state index contributed by atoms with van der Waals surface area (Å²) in [7, 11) is 0. The number of nitriles is 1. The number of hydrogen-bond acceptors (Lipinski definition) is 4. The van der Waals surface area contributed by atoms with Gasteiger partial charge in [0.2, 0.25) is 0 Å². The molecule has 3 atom stereocenters. The second-order valence-electron chi connectivity index (χ2n) is 6.30. The number of hydrogen-bond donors (Lipinski definition) is 2. The van der Waals surface area contributed by atoms with Gasteiger partial charge in [0.1, 0.15) is 0 Å². The van der Waals surface area contributed by atoms with Crippen LogP contribution >= 0.6 is 0 Å². The summed E-state index contributed by atoms with van der Waals surface area (Å²) in [5.41, 5.74) is 0. The molecule has 2 N–H and O–H groups in total. The molecule has 1 saturated carbocycles. The Bertz CT molecular complexity index is 311. The van der Waals surface area contributed by atoms with Crippen LogP contribution in [0, 0.1) is 23.2 Å². The second-order valence-corrected chi connectivity index (χ2v) is 6.30. The van der Waals surface area contributed by atoms with Crippen LogP contribution in [0.5, 0.6) is 0 Å². The Morgan fingerprint density at radius 3 is 2.79 bits per heavy atom. The maximum Gasteiger partial charge on any atom is 0.0866 e. The van der Waals surface area contributed by atoms with Gasteiger partial charge < -0.3 is 10.4 Å². The Morgan fingerprint density at radius 2 is 2.16 bits per heavy atom. The maximum absolute atomic E-state index is 9.84. The molecule has 0 amide bonds. The van der Waals surface area contributed by atoms with Gasteiger partial charge in [0, 0.05) is 19.1 Å². The average molecular weight is 265 g/mol. The smallest absolute Gasteiger partial charge is 0.0866 e. The monoisotopic (exact) mass is 265 g/mol. The quantitative estimate of drug-likeness (QED) is 0.682. The molecule has 2 fully saturated rings. The highest BCUT2D eigenvalue weighted by atomic mass is 16.3. The summed E-state index contributed by atoms with van der Waals surface area (Å²) in [5.74, 6) is 1.42. The van der Waals surface area contributed by atoms with Gasteiger partial charge in [0.25, 0.3) is 0 Å². The van der Waals surface area contributed by atoms with E-state index in [1.165, 1.54) is 12.8 Å². The first-order chi connectivity index (χ1) is 9.21. The van der Waals surface area contributed by atoms with E-state index in [9.17, 15) is 5.11 Å². The van der Waals surface area contributed by atoms with Gasteiger partial charge in [0.05, 0.1) is 18.7 Å². The fourth-order valence-corrected chi connectivity index (χ4v) is 3.06. The van der Waals surface area contributed by atoms with Gasteiger partial charge in [0.15, 0.2) is 0 Å². The molecule has 1 aliphatic heterocycles. The molecule has 1 heterocycles. The molecule has 0 bridgehead atoms. The first-order valence-corrected chi connectivity index (χ1v) is 7.72. The van der Waals surface area contributed by atoms with Gasteiger partial charge >= 0.3 is 0 Å². The fourth-order valence-electron chi connectivity index (χ4n) is 3.06. The lowest BCUT2D eigenvalue weighted by atomic mass is 9.89. The van der Waals surface area contributed by atoms with Gasteiger partial charge in [-0.25, -0.2) is 0 Å². The second kappa shape index (κ2) is 7.23. The zero-order valence-corrected chi connectivity index (χ0v) is 12.0. The number of nitrogens with zero attached hydrogens (tertiary/aromatic N) is 2. The van der Waals surface area contributed by atoms with Crippen LogP contribution in [0.25, 0.3) is 0 Å². The van der Waals surface area contributed by atoms with E-state index in [2.05, 4.69) is 16.3 Å². The molecule has 0 radical (unpaired) electrons. The van der Waals surface area contributed by atoms with Crippen molar-refractivity contribution in [1.82, 2.24) is 10.2 Å². The van der Waals surface area contributed by atoms with Crippen molar-refractivity contribution in [3.8, 4) is 6.07 Å². The topological polar surface area (TPSA) is 59.3 Å². The van der Waals surface area contributed by atoms with Crippen molar-refractivity contribution in [2.24, 2.45) is 11.8 Å². The summed E-state index contributed by atoms with van der Waals surface area (Å²) >= 11 is 0. The number of piperidine rings is 1. The van der Waals surface area contributed by atoms with Crippen molar-refractivity contribution in [1.29, 1.82) is 5.26 Å². The number of rotatable bonds is 7. The Kier molecular flexibility index (Phi) is 5.62. The Hall–Kier alpha value is -0.630. The largest absolute Gasteiger partial charge is 0.393 e.